The molecule has 2 N–H and O–H groups in total. The Kier molecular flexibility index (Phi) is 7.18. The lowest BCUT2D eigenvalue weighted by atomic mass is 10.0. The van der Waals surface area contributed by atoms with Crippen molar-refractivity contribution in [1.29, 1.82) is 0 Å². The van der Waals surface area contributed by atoms with Crippen LogP contribution in [0.1, 0.15) is 34.6 Å². The number of hydrogen-bond acceptors (Lipinski definition) is 8. The Bertz CT molecular complexity index is 1200. The third-order valence-corrected chi connectivity index (χ3v) is 7.11. The van der Waals surface area contributed by atoms with E-state index >= 15 is 4.39 Å². The van der Waals surface area contributed by atoms with Gasteiger partial charge >= 0.3 is 6.09 Å². The van der Waals surface area contributed by atoms with Crippen LogP contribution in [-0.4, -0.2) is 76.5 Å². The molecule has 3 heterocycles. The van der Waals surface area contributed by atoms with Crippen LogP contribution in [0.3, 0.4) is 0 Å². The lowest BCUT2D eigenvalue weighted by Gasteiger charge is -2.45. The number of carbonyl (C=O) groups is 3. The van der Waals surface area contributed by atoms with Crippen molar-refractivity contribution in [1.82, 2.24) is 14.9 Å². The molecule has 198 valence electrons. The van der Waals surface area contributed by atoms with Crippen LogP contribution >= 0.6 is 0 Å². The first kappa shape index (κ1) is 26.5. The van der Waals surface area contributed by atoms with E-state index in [4.69, 9.17) is 10.5 Å². The molecule has 1 aromatic heterocycles. The van der Waals surface area contributed by atoms with Crippen LogP contribution in [0.25, 0.3) is 11.1 Å². The number of nitrogens with zero attached hydrogens (tertiary/aromatic N) is 5. The average Bonchev–Trinajstić information content (AvgIpc) is 3.24. The van der Waals surface area contributed by atoms with Crippen LogP contribution in [0.4, 0.5) is 20.8 Å². The fourth-order valence-corrected chi connectivity index (χ4v) is 4.63. The summed E-state index contributed by atoms with van der Waals surface area (Å²) in [6.45, 7) is 11.6. The minimum absolute atomic E-state index is 0.0381. The largest absolute Gasteiger partial charge is 0.443 e. The molecule has 3 atom stereocenters. The molecule has 0 bridgehead atoms. The highest BCUT2D eigenvalue weighted by Gasteiger charge is 2.38. The minimum Gasteiger partial charge on any atom is -0.443 e. The van der Waals surface area contributed by atoms with E-state index in [1.54, 1.807) is 26.0 Å². The molecule has 11 heteroatoms. The van der Waals surface area contributed by atoms with Gasteiger partial charge in [-0.25, -0.2) is 19.2 Å². The SMILES string of the molecule is CC(=O)C1CN(C(C)(C)C)CCN1c1ncc(-c2ccc(N3CC(C(C)C(N)=O)OC3=O)cc2F)cn1. The van der Waals surface area contributed by atoms with Gasteiger partial charge in [-0.2, -0.15) is 0 Å². The Labute approximate surface area is 215 Å². The zero-order chi connectivity index (χ0) is 27.1. The van der Waals surface area contributed by atoms with Gasteiger partial charge in [0.05, 0.1) is 18.2 Å². The summed E-state index contributed by atoms with van der Waals surface area (Å²) in [6.07, 6.45) is 1.70. The summed E-state index contributed by atoms with van der Waals surface area (Å²) in [5, 5.41) is 0. The summed E-state index contributed by atoms with van der Waals surface area (Å²) < 4.78 is 20.3. The maximum absolute atomic E-state index is 15.1. The van der Waals surface area contributed by atoms with Crippen LogP contribution in [0.5, 0.6) is 0 Å². The van der Waals surface area contributed by atoms with Crippen molar-refractivity contribution in [2.24, 2.45) is 11.7 Å². The number of hydrogen-bond donors (Lipinski definition) is 1. The van der Waals surface area contributed by atoms with Crippen molar-refractivity contribution in [2.45, 2.75) is 52.3 Å². The quantitative estimate of drug-likeness (QED) is 0.627. The number of aromatic nitrogens is 2. The van der Waals surface area contributed by atoms with E-state index in [2.05, 4.69) is 35.6 Å². The number of anilines is 2. The van der Waals surface area contributed by atoms with Crippen LogP contribution in [0.2, 0.25) is 0 Å². The second-order valence-corrected chi connectivity index (χ2v) is 10.6. The summed E-state index contributed by atoms with van der Waals surface area (Å²) in [7, 11) is 0. The van der Waals surface area contributed by atoms with E-state index in [-0.39, 0.29) is 29.5 Å². The summed E-state index contributed by atoms with van der Waals surface area (Å²) in [6, 6.07) is 4.01. The number of halogens is 1. The summed E-state index contributed by atoms with van der Waals surface area (Å²) in [4.78, 5) is 50.5. The molecule has 2 amide bonds. The van der Waals surface area contributed by atoms with Gasteiger partial charge in [-0.1, -0.05) is 0 Å². The average molecular weight is 513 g/mol. The summed E-state index contributed by atoms with van der Waals surface area (Å²) >= 11 is 0. The smallest absolute Gasteiger partial charge is 0.414 e. The van der Waals surface area contributed by atoms with Crippen LogP contribution in [0, 0.1) is 11.7 Å². The number of ketones is 1. The number of cyclic esters (lactones) is 1. The molecular formula is C26H33FN6O4. The van der Waals surface area contributed by atoms with E-state index in [0.29, 0.717) is 30.3 Å². The zero-order valence-corrected chi connectivity index (χ0v) is 21.8. The fraction of sp³-hybridized carbons (Fsp3) is 0.500. The number of primary amides is 1. The number of amides is 2. The van der Waals surface area contributed by atoms with Gasteiger partial charge in [0.1, 0.15) is 18.0 Å². The molecule has 1 aromatic carbocycles. The van der Waals surface area contributed by atoms with Crippen LogP contribution in [0.15, 0.2) is 30.6 Å². The molecule has 0 saturated carbocycles. The molecule has 0 spiro atoms. The van der Waals surface area contributed by atoms with Crippen LogP contribution < -0.4 is 15.5 Å². The predicted molar refractivity (Wildman–Crippen MR) is 137 cm³/mol. The normalized spacial score (nSPS) is 21.6. The molecule has 37 heavy (non-hydrogen) atoms. The number of benzene rings is 1. The number of carbonyl (C=O) groups excluding carboxylic acids is 3. The Hall–Kier alpha value is -3.60. The van der Waals surface area contributed by atoms with Gasteiger partial charge in [0.25, 0.3) is 0 Å². The molecule has 0 aliphatic carbocycles. The third-order valence-electron chi connectivity index (χ3n) is 7.11. The number of Topliss-reactive ketones (excluding diaryl/α,β-unsaturated/α-hetero) is 1. The molecule has 2 saturated heterocycles. The monoisotopic (exact) mass is 512 g/mol. The highest BCUT2D eigenvalue weighted by Crippen LogP contribution is 2.31. The zero-order valence-electron chi connectivity index (χ0n) is 21.8. The molecule has 2 aliphatic rings. The maximum atomic E-state index is 15.1. The van der Waals surface area contributed by atoms with E-state index in [9.17, 15) is 14.4 Å². The van der Waals surface area contributed by atoms with E-state index in [1.807, 2.05) is 4.90 Å². The third kappa shape index (κ3) is 5.41. The minimum atomic E-state index is -0.697. The molecular weight excluding hydrogens is 479 g/mol. The van der Waals surface area contributed by atoms with Crippen LogP contribution in [-0.2, 0) is 14.3 Å². The van der Waals surface area contributed by atoms with Crippen molar-refractivity contribution >= 4 is 29.4 Å². The number of rotatable bonds is 6. The van der Waals surface area contributed by atoms with Gasteiger partial charge in [0.2, 0.25) is 11.9 Å². The molecule has 3 unspecified atom stereocenters. The molecule has 2 aromatic rings. The Morgan fingerprint density at radius 2 is 1.84 bits per heavy atom. The van der Waals surface area contributed by atoms with Gasteiger partial charge in [0.15, 0.2) is 5.78 Å². The number of nitrogens with two attached hydrogens (primary N) is 1. The van der Waals surface area contributed by atoms with Gasteiger partial charge in [-0.15, -0.1) is 0 Å². The Morgan fingerprint density at radius 1 is 1.16 bits per heavy atom. The molecule has 4 rings (SSSR count). The van der Waals surface area contributed by atoms with Gasteiger partial charge in [0, 0.05) is 48.7 Å². The molecule has 2 fully saturated rings. The first-order valence-electron chi connectivity index (χ1n) is 12.3. The topological polar surface area (TPSA) is 122 Å². The first-order chi connectivity index (χ1) is 17.4. The Balaban J connectivity index is 1.51. The highest BCUT2D eigenvalue weighted by molar-refractivity contribution is 5.91. The first-order valence-corrected chi connectivity index (χ1v) is 12.3. The second-order valence-electron chi connectivity index (χ2n) is 10.6. The fourth-order valence-electron chi connectivity index (χ4n) is 4.63. The standard InChI is InChI=1S/C26H33FN6O4/c1-15(23(28)35)22-14-33(25(36)37-22)18-6-7-19(20(27)10-18)17-11-29-24(30-12-17)32-9-8-31(26(3,4)5)13-21(32)16(2)34/h6-7,10-12,15,21-22H,8-9,13-14H2,1-5H3,(H2,28,35). The van der Waals surface area contributed by atoms with Gasteiger partial charge < -0.3 is 15.4 Å². The predicted octanol–water partition coefficient (Wildman–Crippen LogP) is 2.61. The van der Waals surface area contributed by atoms with Gasteiger partial charge in [-0.05, 0) is 52.8 Å². The second kappa shape index (κ2) is 10.0. The number of piperazine rings is 1. The van der Waals surface area contributed by atoms with Crippen molar-refractivity contribution in [3.63, 3.8) is 0 Å². The Morgan fingerprint density at radius 3 is 2.41 bits per heavy atom. The van der Waals surface area contributed by atoms with Gasteiger partial charge in [-0.3, -0.25) is 19.4 Å². The molecule has 10 nitrogen and oxygen atoms in total. The van der Waals surface area contributed by atoms with Crippen molar-refractivity contribution < 1.29 is 23.5 Å². The summed E-state index contributed by atoms with van der Waals surface area (Å²) in [5.41, 5.74) is 6.30. The lowest BCUT2D eigenvalue weighted by Crippen LogP contribution is -2.60. The molecule has 0 radical (unpaired) electrons. The highest BCUT2D eigenvalue weighted by atomic mass is 19.1. The van der Waals surface area contributed by atoms with E-state index in [1.165, 1.54) is 23.4 Å². The lowest BCUT2D eigenvalue weighted by molar-refractivity contribution is -0.123. The van der Waals surface area contributed by atoms with Crippen molar-refractivity contribution in [3.05, 3.63) is 36.4 Å². The van der Waals surface area contributed by atoms with E-state index in [0.717, 1.165) is 6.54 Å². The maximum Gasteiger partial charge on any atom is 0.414 e. The van der Waals surface area contributed by atoms with E-state index < -0.39 is 29.8 Å². The number of ether oxygens (including phenoxy) is 1. The molecule has 2 aliphatic heterocycles. The van der Waals surface area contributed by atoms with Crippen molar-refractivity contribution in [2.75, 3.05) is 36.0 Å². The van der Waals surface area contributed by atoms with Crippen molar-refractivity contribution in [3.8, 4) is 11.1 Å². The summed E-state index contributed by atoms with van der Waals surface area (Å²) in [5.74, 6) is -1.34.